The Morgan fingerprint density at radius 1 is 1.22 bits per heavy atom. The number of nitrogens with one attached hydrogen (secondary N) is 2. The second-order valence-electron chi connectivity index (χ2n) is 6.67. The molecule has 0 radical (unpaired) electrons. The molecule has 2 N–H and O–H groups in total. The Hall–Kier alpha value is -1.77. The zero-order chi connectivity index (χ0) is 18.8. The summed E-state index contributed by atoms with van der Waals surface area (Å²) >= 11 is 0. The highest BCUT2D eigenvalue weighted by Crippen LogP contribution is 2.18. The molecule has 0 saturated carbocycles. The van der Waals surface area contributed by atoms with Crippen LogP contribution in [0.5, 0.6) is 5.75 Å². The average molecular weight is 485 g/mol. The summed E-state index contributed by atoms with van der Waals surface area (Å²) in [6.45, 7) is 11.5. The third-order valence-electron chi connectivity index (χ3n) is 3.82. The van der Waals surface area contributed by atoms with Crippen molar-refractivity contribution in [3.63, 3.8) is 0 Å². The molecule has 0 fully saturated rings. The van der Waals surface area contributed by atoms with E-state index in [0.29, 0.717) is 12.5 Å². The standard InChI is InChI=1S/C20H31N5O.HI/c1-5-21-20(22-12-14-25-13-6-11-23-25)24-17(4)18-7-9-19(10-8-18)26-15-16(2)3;/h6-11,13,16-17H,5,12,14-15H2,1-4H3,(H2,21,22,24);1H. The van der Waals surface area contributed by atoms with Gasteiger partial charge in [0.25, 0.3) is 0 Å². The van der Waals surface area contributed by atoms with Gasteiger partial charge in [-0.1, -0.05) is 26.0 Å². The molecule has 2 aromatic rings. The minimum absolute atomic E-state index is 0. The number of nitrogens with zero attached hydrogens (tertiary/aromatic N) is 3. The summed E-state index contributed by atoms with van der Waals surface area (Å²) in [6.07, 6.45) is 3.73. The third-order valence-corrected chi connectivity index (χ3v) is 3.82. The Bertz CT molecular complexity index is 656. The van der Waals surface area contributed by atoms with Gasteiger partial charge in [-0.05, 0) is 43.5 Å². The maximum Gasteiger partial charge on any atom is 0.191 e. The highest BCUT2D eigenvalue weighted by molar-refractivity contribution is 14.0. The van der Waals surface area contributed by atoms with Crippen molar-refractivity contribution >= 4 is 29.9 Å². The minimum Gasteiger partial charge on any atom is -0.493 e. The van der Waals surface area contributed by atoms with Crippen LogP contribution in [-0.2, 0) is 6.54 Å². The van der Waals surface area contributed by atoms with Crippen molar-refractivity contribution in [2.75, 3.05) is 19.7 Å². The van der Waals surface area contributed by atoms with Gasteiger partial charge < -0.3 is 15.4 Å². The number of aliphatic imine (C=N–C) groups is 1. The zero-order valence-corrected chi connectivity index (χ0v) is 19.0. The van der Waals surface area contributed by atoms with Crippen LogP contribution < -0.4 is 15.4 Å². The summed E-state index contributed by atoms with van der Waals surface area (Å²) in [6, 6.07) is 10.3. The van der Waals surface area contributed by atoms with E-state index in [1.807, 2.05) is 29.1 Å². The molecule has 1 unspecified atom stereocenters. The molecular formula is C20H32IN5O. The minimum atomic E-state index is 0. The van der Waals surface area contributed by atoms with Gasteiger partial charge in [0.1, 0.15) is 5.75 Å². The fourth-order valence-electron chi connectivity index (χ4n) is 2.42. The van der Waals surface area contributed by atoms with Crippen molar-refractivity contribution in [2.45, 2.75) is 40.3 Å². The highest BCUT2D eigenvalue weighted by Gasteiger charge is 2.08. The molecule has 150 valence electrons. The Morgan fingerprint density at radius 3 is 2.56 bits per heavy atom. The molecule has 0 aliphatic carbocycles. The fourth-order valence-corrected chi connectivity index (χ4v) is 2.42. The second-order valence-corrected chi connectivity index (χ2v) is 6.67. The summed E-state index contributed by atoms with van der Waals surface area (Å²) in [5.74, 6) is 2.25. The third kappa shape index (κ3) is 8.64. The summed E-state index contributed by atoms with van der Waals surface area (Å²) in [7, 11) is 0. The number of guanidine groups is 1. The van der Waals surface area contributed by atoms with Crippen molar-refractivity contribution < 1.29 is 4.74 Å². The van der Waals surface area contributed by atoms with Crippen LogP contribution >= 0.6 is 24.0 Å². The van der Waals surface area contributed by atoms with E-state index < -0.39 is 0 Å². The van der Waals surface area contributed by atoms with Crippen LogP contribution in [0.15, 0.2) is 47.7 Å². The lowest BCUT2D eigenvalue weighted by Gasteiger charge is -2.18. The molecule has 0 amide bonds. The van der Waals surface area contributed by atoms with Crippen LogP contribution in [0.4, 0.5) is 0 Å². The summed E-state index contributed by atoms with van der Waals surface area (Å²) < 4.78 is 7.63. The molecule has 1 aromatic heterocycles. The number of ether oxygens (including phenoxy) is 1. The molecule has 1 heterocycles. The van der Waals surface area contributed by atoms with Gasteiger partial charge >= 0.3 is 0 Å². The zero-order valence-electron chi connectivity index (χ0n) is 16.7. The molecule has 0 aliphatic heterocycles. The van der Waals surface area contributed by atoms with Gasteiger partial charge in [0.05, 0.1) is 25.7 Å². The number of benzene rings is 1. The van der Waals surface area contributed by atoms with Crippen LogP contribution in [0.1, 0.15) is 39.3 Å². The van der Waals surface area contributed by atoms with Crippen LogP contribution in [0.2, 0.25) is 0 Å². The van der Waals surface area contributed by atoms with Crippen molar-refractivity contribution in [2.24, 2.45) is 10.9 Å². The maximum absolute atomic E-state index is 5.75. The van der Waals surface area contributed by atoms with E-state index in [0.717, 1.165) is 31.4 Å². The smallest absolute Gasteiger partial charge is 0.191 e. The van der Waals surface area contributed by atoms with E-state index in [1.54, 1.807) is 6.20 Å². The largest absolute Gasteiger partial charge is 0.493 e. The van der Waals surface area contributed by atoms with Crippen LogP contribution in [0.25, 0.3) is 0 Å². The first-order valence-electron chi connectivity index (χ1n) is 9.33. The molecule has 1 atom stereocenters. The van der Waals surface area contributed by atoms with Gasteiger partial charge in [0, 0.05) is 18.9 Å². The van der Waals surface area contributed by atoms with E-state index >= 15 is 0 Å². The quantitative estimate of drug-likeness (QED) is 0.322. The lowest BCUT2D eigenvalue weighted by Crippen LogP contribution is -2.39. The first-order valence-corrected chi connectivity index (χ1v) is 9.33. The molecule has 27 heavy (non-hydrogen) atoms. The van der Waals surface area contributed by atoms with E-state index in [4.69, 9.17) is 4.74 Å². The number of hydrogen-bond acceptors (Lipinski definition) is 3. The lowest BCUT2D eigenvalue weighted by atomic mass is 10.1. The van der Waals surface area contributed by atoms with Crippen molar-refractivity contribution in [3.05, 3.63) is 48.3 Å². The fraction of sp³-hybridized carbons (Fsp3) is 0.500. The van der Waals surface area contributed by atoms with E-state index in [1.165, 1.54) is 5.56 Å². The molecular weight excluding hydrogens is 453 g/mol. The van der Waals surface area contributed by atoms with Gasteiger partial charge in [0.2, 0.25) is 0 Å². The van der Waals surface area contributed by atoms with Crippen LogP contribution in [0.3, 0.4) is 0 Å². The first-order chi connectivity index (χ1) is 12.6. The van der Waals surface area contributed by atoms with Crippen molar-refractivity contribution in [1.82, 2.24) is 20.4 Å². The van der Waals surface area contributed by atoms with Crippen LogP contribution in [0, 0.1) is 5.92 Å². The predicted octanol–water partition coefficient (Wildman–Crippen LogP) is 3.85. The van der Waals surface area contributed by atoms with Gasteiger partial charge in [-0.15, -0.1) is 24.0 Å². The molecule has 0 saturated heterocycles. The molecule has 6 nitrogen and oxygen atoms in total. The van der Waals surface area contributed by atoms with Crippen LogP contribution in [-0.4, -0.2) is 35.4 Å². The van der Waals surface area contributed by atoms with E-state index in [2.05, 4.69) is 60.6 Å². The Morgan fingerprint density at radius 2 is 1.96 bits per heavy atom. The van der Waals surface area contributed by atoms with Gasteiger partial charge in [-0.2, -0.15) is 5.10 Å². The summed E-state index contributed by atoms with van der Waals surface area (Å²) in [4.78, 5) is 4.63. The number of halogens is 1. The SMILES string of the molecule is CCNC(=NCCn1cccn1)NC(C)c1ccc(OCC(C)C)cc1.I. The molecule has 0 spiro atoms. The molecule has 2 rings (SSSR count). The summed E-state index contributed by atoms with van der Waals surface area (Å²) in [5.41, 5.74) is 1.19. The monoisotopic (exact) mass is 485 g/mol. The van der Waals surface area contributed by atoms with Gasteiger partial charge in [-0.3, -0.25) is 9.67 Å². The second kappa shape index (κ2) is 12.6. The normalized spacial score (nSPS) is 12.4. The number of hydrogen-bond donors (Lipinski definition) is 2. The maximum atomic E-state index is 5.75. The Balaban J connectivity index is 0.00000364. The summed E-state index contributed by atoms with van der Waals surface area (Å²) in [5, 5.41) is 10.9. The molecule has 0 bridgehead atoms. The van der Waals surface area contributed by atoms with Crippen molar-refractivity contribution in [1.29, 1.82) is 0 Å². The topological polar surface area (TPSA) is 63.5 Å². The average Bonchev–Trinajstić information content (AvgIpc) is 3.14. The Kier molecular flexibility index (Phi) is 10.8. The Labute approximate surface area is 179 Å². The first kappa shape index (κ1) is 23.3. The number of rotatable bonds is 9. The lowest BCUT2D eigenvalue weighted by molar-refractivity contribution is 0.271. The highest BCUT2D eigenvalue weighted by atomic mass is 127. The predicted molar refractivity (Wildman–Crippen MR) is 122 cm³/mol. The number of aromatic nitrogens is 2. The van der Waals surface area contributed by atoms with E-state index in [-0.39, 0.29) is 30.0 Å². The van der Waals surface area contributed by atoms with Crippen molar-refractivity contribution in [3.8, 4) is 5.75 Å². The van der Waals surface area contributed by atoms with Gasteiger partial charge in [0.15, 0.2) is 5.96 Å². The molecule has 0 aliphatic rings. The molecule has 7 heteroatoms. The van der Waals surface area contributed by atoms with Gasteiger partial charge in [-0.25, -0.2) is 0 Å². The molecule has 1 aromatic carbocycles. The van der Waals surface area contributed by atoms with E-state index in [9.17, 15) is 0 Å².